The number of methoxy groups -OCH3 is 1. The fourth-order valence-electron chi connectivity index (χ4n) is 1.08. The molecule has 94 valence electrons. The number of alkyl halides is 4. The number of thioether (sulfide) groups is 1. The van der Waals surface area contributed by atoms with Crippen molar-refractivity contribution in [3.63, 3.8) is 0 Å². The van der Waals surface area contributed by atoms with Gasteiger partial charge in [0.15, 0.2) is 5.38 Å². The van der Waals surface area contributed by atoms with Crippen LogP contribution in [0.4, 0.5) is 13.2 Å². The van der Waals surface area contributed by atoms with Crippen molar-refractivity contribution in [1.29, 1.82) is 0 Å². The van der Waals surface area contributed by atoms with Crippen LogP contribution in [0.25, 0.3) is 0 Å². The van der Waals surface area contributed by atoms with E-state index < -0.39 is 16.9 Å². The van der Waals surface area contributed by atoms with E-state index >= 15 is 0 Å². The number of hydrogen-bond acceptors (Lipinski definition) is 3. The normalized spacial score (nSPS) is 13.2. The summed E-state index contributed by atoms with van der Waals surface area (Å²) in [5, 5.41) is -1.01. The predicted octanol–water partition coefficient (Wildman–Crippen LogP) is 3.75. The van der Waals surface area contributed by atoms with E-state index in [-0.39, 0.29) is 16.7 Å². The highest BCUT2D eigenvalue weighted by atomic mass is 35.5. The van der Waals surface area contributed by atoms with Crippen molar-refractivity contribution in [3.8, 4) is 0 Å². The summed E-state index contributed by atoms with van der Waals surface area (Å²) in [5.41, 5.74) is -3.94. The molecule has 1 unspecified atom stereocenters. The van der Waals surface area contributed by atoms with Crippen LogP contribution in [0.5, 0.6) is 0 Å². The van der Waals surface area contributed by atoms with E-state index in [2.05, 4.69) is 4.74 Å². The minimum absolute atomic E-state index is 0.0370. The van der Waals surface area contributed by atoms with Gasteiger partial charge in [0.25, 0.3) is 0 Å². The van der Waals surface area contributed by atoms with Crippen LogP contribution in [0.3, 0.4) is 0 Å². The van der Waals surface area contributed by atoms with Crippen LogP contribution in [-0.2, 0) is 9.53 Å². The lowest BCUT2D eigenvalue weighted by molar-refractivity contribution is -0.140. The second-order valence-electron chi connectivity index (χ2n) is 3.00. The zero-order chi connectivity index (χ0) is 13.1. The molecule has 0 aliphatic rings. The summed E-state index contributed by atoms with van der Waals surface area (Å²) in [6.45, 7) is 0. The predicted molar refractivity (Wildman–Crippen MR) is 59.0 cm³/mol. The first-order chi connectivity index (χ1) is 7.83. The van der Waals surface area contributed by atoms with Crippen molar-refractivity contribution < 1.29 is 22.7 Å². The Morgan fingerprint density at radius 2 is 1.88 bits per heavy atom. The molecule has 0 radical (unpaired) electrons. The van der Waals surface area contributed by atoms with E-state index in [0.717, 1.165) is 0 Å². The number of esters is 1. The topological polar surface area (TPSA) is 26.3 Å². The maximum absolute atomic E-state index is 12.0. The minimum Gasteiger partial charge on any atom is -0.468 e. The number of hydrogen-bond donors (Lipinski definition) is 0. The molecular weight excluding hydrogens is 277 g/mol. The smallest absolute Gasteiger partial charge is 0.446 e. The Labute approximate surface area is 105 Å². The van der Waals surface area contributed by atoms with Crippen LogP contribution in [0.15, 0.2) is 29.2 Å². The molecule has 0 saturated heterocycles. The van der Waals surface area contributed by atoms with Gasteiger partial charge in [-0.25, -0.2) is 0 Å². The molecule has 0 aliphatic carbocycles. The number of halogens is 4. The lowest BCUT2D eigenvalue weighted by Crippen LogP contribution is -2.08. The third-order valence-electron chi connectivity index (χ3n) is 1.81. The highest BCUT2D eigenvalue weighted by Crippen LogP contribution is 2.37. The first-order valence-electron chi connectivity index (χ1n) is 4.41. The largest absolute Gasteiger partial charge is 0.468 e. The molecular formula is C10H8ClF3O2S. The first-order valence-corrected chi connectivity index (χ1v) is 5.66. The molecule has 0 aromatic heterocycles. The van der Waals surface area contributed by atoms with Gasteiger partial charge in [-0.15, -0.1) is 11.6 Å². The molecule has 0 bridgehead atoms. The zero-order valence-electron chi connectivity index (χ0n) is 8.62. The summed E-state index contributed by atoms with van der Waals surface area (Å²) >= 11 is 5.51. The van der Waals surface area contributed by atoms with Crippen LogP contribution >= 0.6 is 23.4 Å². The summed E-state index contributed by atoms with van der Waals surface area (Å²) in [5.74, 6) is -0.650. The van der Waals surface area contributed by atoms with Gasteiger partial charge in [0.1, 0.15) is 0 Å². The van der Waals surface area contributed by atoms with E-state index in [0.29, 0.717) is 5.56 Å². The third kappa shape index (κ3) is 4.47. The molecule has 2 nitrogen and oxygen atoms in total. The number of ether oxygens (including phenoxy) is 1. The Morgan fingerprint density at radius 1 is 1.35 bits per heavy atom. The van der Waals surface area contributed by atoms with E-state index in [1.165, 1.54) is 31.4 Å². The van der Waals surface area contributed by atoms with Gasteiger partial charge in [-0.3, -0.25) is 4.79 Å². The lowest BCUT2D eigenvalue weighted by atomic mass is 10.1. The summed E-state index contributed by atoms with van der Waals surface area (Å²) in [6.07, 6.45) is 0. The number of benzene rings is 1. The van der Waals surface area contributed by atoms with Gasteiger partial charge < -0.3 is 4.74 Å². The molecule has 0 N–H and O–H groups in total. The summed E-state index contributed by atoms with van der Waals surface area (Å²) < 4.78 is 40.6. The molecule has 1 rings (SSSR count). The summed E-state index contributed by atoms with van der Waals surface area (Å²) in [6, 6.07) is 5.24. The molecule has 7 heteroatoms. The Bertz CT molecular complexity index is 392. The number of carbonyl (C=O) groups excluding carboxylic acids is 1. The molecule has 17 heavy (non-hydrogen) atoms. The molecule has 0 saturated carbocycles. The highest BCUT2D eigenvalue weighted by molar-refractivity contribution is 8.00. The van der Waals surface area contributed by atoms with E-state index in [9.17, 15) is 18.0 Å². The quantitative estimate of drug-likeness (QED) is 0.480. The van der Waals surface area contributed by atoms with Crippen molar-refractivity contribution in [1.82, 2.24) is 0 Å². The molecule has 1 aromatic rings. The molecule has 0 heterocycles. The van der Waals surface area contributed by atoms with Gasteiger partial charge in [-0.2, -0.15) is 13.2 Å². The molecule has 0 fully saturated rings. The van der Waals surface area contributed by atoms with E-state index in [1.807, 2.05) is 0 Å². The van der Waals surface area contributed by atoms with E-state index in [4.69, 9.17) is 11.6 Å². The zero-order valence-corrected chi connectivity index (χ0v) is 10.2. The number of rotatable bonds is 3. The Balaban J connectivity index is 2.78. The Kier molecular flexibility index (Phi) is 4.70. The van der Waals surface area contributed by atoms with Crippen LogP contribution in [0, 0.1) is 0 Å². The van der Waals surface area contributed by atoms with Crippen LogP contribution < -0.4 is 0 Å². The summed E-state index contributed by atoms with van der Waals surface area (Å²) in [4.78, 5) is 11.1. The van der Waals surface area contributed by atoms with Crippen LogP contribution in [0.1, 0.15) is 10.9 Å². The SMILES string of the molecule is COC(=O)C(Cl)c1ccc(SC(F)(F)F)cc1. The van der Waals surface area contributed by atoms with Gasteiger partial charge in [0, 0.05) is 4.90 Å². The molecule has 1 atom stereocenters. The number of carbonyl (C=O) groups is 1. The van der Waals surface area contributed by atoms with E-state index in [1.54, 1.807) is 0 Å². The first kappa shape index (κ1) is 14.2. The second-order valence-corrected chi connectivity index (χ2v) is 4.58. The monoisotopic (exact) mass is 284 g/mol. The van der Waals surface area contributed by atoms with Gasteiger partial charge >= 0.3 is 11.5 Å². The van der Waals surface area contributed by atoms with Crippen molar-refractivity contribution in [2.45, 2.75) is 15.8 Å². The average molecular weight is 285 g/mol. The summed E-state index contributed by atoms with van der Waals surface area (Å²) in [7, 11) is 1.19. The molecule has 0 amide bonds. The molecule has 0 aliphatic heterocycles. The minimum atomic E-state index is -4.33. The fourth-order valence-corrected chi connectivity index (χ4v) is 1.85. The fraction of sp³-hybridized carbons (Fsp3) is 0.300. The van der Waals surface area contributed by atoms with Gasteiger partial charge in [0.2, 0.25) is 0 Å². The lowest BCUT2D eigenvalue weighted by Gasteiger charge is -2.09. The standard InChI is InChI=1S/C10H8ClF3O2S/c1-16-9(15)8(11)6-2-4-7(5-3-6)17-10(12,13)14/h2-5,8H,1H3. The van der Waals surface area contributed by atoms with Crippen LogP contribution in [0.2, 0.25) is 0 Å². The molecule has 1 aromatic carbocycles. The second kappa shape index (κ2) is 5.64. The maximum Gasteiger partial charge on any atom is 0.446 e. The average Bonchev–Trinajstić information content (AvgIpc) is 2.26. The highest BCUT2D eigenvalue weighted by Gasteiger charge is 2.29. The van der Waals surface area contributed by atoms with Gasteiger partial charge in [-0.1, -0.05) is 12.1 Å². The van der Waals surface area contributed by atoms with Gasteiger partial charge in [0.05, 0.1) is 7.11 Å². The van der Waals surface area contributed by atoms with Crippen molar-refractivity contribution >= 4 is 29.3 Å². The Hall–Kier alpha value is -0.880. The van der Waals surface area contributed by atoms with Crippen LogP contribution in [-0.4, -0.2) is 18.6 Å². The third-order valence-corrected chi connectivity index (χ3v) is 2.98. The van der Waals surface area contributed by atoms with Crippen molar-refractivity contribution in [2.75, 3.05) is 7.11 Å². The van der Waals surface area contributed by atoms with Gasteiger partial charge in [-0.05, 0) is 29.5 Å². The molecule has 0 spiro atoms. The van der Waals surface area contributed by atoms with Crippen molar-refractivity contribution in [3.05, 3.63) is 29.8 Å². The Morgan fingerprint density at radius 3 is 2.29 bits per heavy atom. The maximum atomic E-state index is 12.0. The van der Waals surface area contributed by atoms with Crippen molar-refractivity contribution in [2.24, 2.45) is 0 Å².